The molecule has 1 aromatic carbocycles. The maximum Gasteiger partial charge on any atom is 0.337 e. The zero-order valence-corrected chi connectivity index (χ0v) is 11.5. The molecule has 0 aliphatic carbocycles. The molecule has 21 heavy (non-hydrogen) atoms. The number of imidazole rings is 1. The van der Waals surface area contributed by atoms with Crippen LogP contribution in [0.4, 0.5) is 0 Å². The lowest BCUT2D eigenvalue weighted by molar-refractivity contribution is -0.137. The number of carbonyl (C=O) groups is 3. The Labute approximate surface area is 119 Å². The third kappa shape index (κ3) is 1.81. The normalized spacial score (nSPS) is 18.8. The van der Waals surface area contributed by atoms with Crippen molar-refractivity contribution in [1.29, 1.82) is 0 Å². The zero-order chi connectivity index (χ0) is 15.3. The molecule has 2 amide bonds. The SMILES string of the molecule is Cc1nc2c(C(=O)O)cccc2n1C1CC(=O)N(C)C1=O. The first-order chi connectivity index (χ1) is 9.91. The van der Waals surface area contributed by atoms with Crippen LogP contribution >= 0.6 is 0 Å². The molecular formula is C14H13N3O4. The lowest BCUT2D eigenvalue weighted by Crippen LogP contribution is -2.27. The van der Waals surface area contributed by atoms with Crippen molar-refractivity contribution in [2.45, 2.75) is 19.4 Å². The van der Waals surface area contributed by atoms with Gasteiger partial charge in [0.2, 0.25) is 5.91 Å². The van der Waals surface area contributed by atoms with Crippen LogP contribution in [0.25, 0.3) is 11.0 Å². The fourth-order valence-corrected chi connectivity index (χ4v) is 2.74. The summed E-state index contributed by atoms with van der Waals surface area (Å²) < 4.78 is 1.64. The molecule has 0 spiro atoms. The second-order valence-corrected chi connectivity index (χ2v) is 5.02. The minimum absolute atomic E-state index is 0.0684. The maximum absolute atomic E-state index is 12.2. The molecule has 0 radical (unpaired) electrons. The van der Waals surface area contributed by atoms with Gasteiger partial charge in [0, 0.05) is 7.05 Å². The molecule has 7 heteroatoms. The van der Waals surface area contributed by atoms with Gasteiger partial charge in [-0.3, -0.25) is 14.5 Å². The van der Waals surface area contributed by atoms with Gasteiger partial charge >= 0.3 is 5.97 Å². The largest absolute Gasteiger partial charge is 0.478 e. The smallest absolute Gasteiger partial charge is 0.337 e. The lowest BCUT2D eigenvalue weighted by atomic mass is 10.1. The van der Waals surface area contributed by atoms with Crippen molar-refractivity contribution in [3.05, 3.63) is 29.6 Å². The topological polar surface area (TPSA) is 92.5 Å². The highest BCUT2D eigenvalue weighted by Gasteiger charge is 2.38. The van der Waals surface area contributed by atoms with Crippen molar-refractivity contribution in [2.75, 3.05) is 7.05 Å². The Balaban J connectivity index is 2.23. The van der Waals surface area contributed by atoms with Gasteiger partial charge in [-0.2, -0.15) is 0 Å². The molecule has 0 bridgehead atoms. The van der Waals surface area contributed by atoms with E-state index < -0.39 is 12.0 Å². The van der Waals surface area contributed by atoms with E-state index in [0.29, 0.717) is 16.9 Å². The predicted molar refractivity (Wildman–Crippen MR) is 72.9 cm³/mol. The summed E-state index contributed by atoms with van der Waals surface area (Å²) in [5.74, 6) is -1.11. The van der Waals surface area contributed by atoms with Crippen molar-refractivity contribution < 1.29 is 19.5 Å². The molecule has 1 aliphatic heterocycles. The molecule has 7 nitrogen and oxygen atoms in total. The Hall–Kier alpha value is -2.70. The molecule has 1 N–H and O–H groups in total. The van der Waals surface area contributed by atoms with Crippen molar-refractivity contribution in [3.8, 4) is 0 Å². The quantitative estimate of drug-likeness (QED) is 0.831. The van der Waals surface area contributed by atoms with Crippen LogP contribution in [-0.4, -0.2) is 44.4 Å². The highest BCUT2D eigenvalue weighted by molar-refractivity contribution is 6.06. The molecule has 0 saturated carbocycles. The van der Waals surface area contributed by atoms with Gasteiger partial charge < -0.3 is 9.67 Å². The second-order valence-electron chi connectivity index (χ2n) is 5.02. The number of likely N-dealkylation sites (tertiary alicyclic amines) is 1. The van der Waals surface area contributed by atoms with Gasteiger partial charge in [0.25, 0.3) is 5.91 Å². The number of aromatic carboxylic acids is 1. The molecule has 1 saturated heterocycles. The molecular weight excluding hydrogens is 274 g/mol. The van der Waals surface area contributed by atoms with E-state index in [1.165, 1.54) is 13.1 Å². The molecule has 1 aromatic heterocycles. The number of carboxylic acids is 1. The summed E-state index contributed by atoms with van der Waals surface area (Å²) in [5.41, 5.74) is 0.964. The Morgan fingerprint density at radius 3 is 2.67 bits per heavy atom. The summed E-state index contributed by atoms with van der Waals surface area (Å²) in [7, 11) is 1.45. The van der Waals surface area contributed by atoms with Crippen LogP contribution in [0.3, 0.4) is 0 Å². The summed E-state index contributed by atoms with van der Waals surface area (Å²) in [6.45, 7) is 1.70. The fourth-order valence-electron chi connectivity index (χ4n) is 2.74. The van der Waals surface area contributed by atoms with E-state index in [-0.39, 0.29) is 23.8 Å². The molecule has 2 heterocycles. The number of para-hydroxylation sites is 1. The number of aromatic nitrogens is 2. The van der Waals surface area contributed by atoms with E-state index in [9.17, 15) is 19.5 Å². The first-order valence-corrected chi connectivity index (χ1v) is 6.43. The van der Waals surface area contributed by atoms with E-state index in [2.05, 4.69) is 4.98 Å². The number of hydrogen-bond donors (Lipinski definition) is 1. The molecule has 1 aliphatic rings. The van der Waals surface area contributed by atoms with Crippen molar-refractivity contribution in [1.82, 2.24) is 14.5 Å². The van der Waals surface area contributed by atoms with Gasteiger partial charge in [-0.15, -0.1) is 0 Å². The summed E-state index contributed by atoms with van der Waals surface area (Å²) in [6.07, 6.45) is 0.0684. The third-order valence-corrected chi connectivity index (χ3v) is 3.80. The van der Waals surface area contributed by atoms with Crippen LogP contribution in [0.2, 0.25) is 0 Å². The minimum Gasteiger partial charge on any atom is -0.478 e. The molecule has 1 fully saturated rings. The monoisotopic (exact) mass is 287 g/mol. The Morgan fingerprint density at radius 2 is 2.10 bits per heavy atom. The highest BCUT2D eigenvalue weighted by Crippen LogP contribution is 2.30. The maximum atomic E-state index is 12.2. The average molecular weight is 287 g/mol. The minimum atomic E-state index is -1.07. The van der Waals surface area contributed by atoms with Gasteiger partial charge in [0.1, 0.15) is 17.4 Å². The van der Waals surface area contributed by atoms with Crippen molar-refractivity contribution in [3.63, 3.8) is 0 Å². The van der Waals surface area contributed by atoms with E-state index in [1.807, 2.05) is 0 Å². The number of amides is 2. The van der Waals surface area contributed by atoms with Gasteiger partial charge in [-0.1, -0.05) is 6.07 Å². The van der Waals surface area contributed by atoms with Gasteiger partial charge in [-0.25, -0.2) is 9.78 Å². The van der Waals surface area contributed by atoms with Crippen molar-refractivity contribution >= 4 is 28.8 Å². The van der Waals surface area contributed by atoms with Crippen LogP contribution in [0.5, 0.6) is 0 Å². The van der Waals surface area contributed by atoms with Gasteiger partial charge in [-0.05, 0) is 19.1 Å². The number of carbonyl (C=O) groups excluding carboxylic acids is 2. The molecule has 3 rings (SSSR count). The average Bonchev–Trinajstić information content (AvgIpc) is 2.89. The number of rotatable bonds is 2. The summed E-state index contributed by atoms with van der Waals surface area (Å²) in [4.78, 5) is 40.5. The number of likely N-dealkylation sites (N-methyl/N-ethyl adjacent to an activating group) is 1. The first-order valence-electron chi connectivity index (χ1n) is 6.43. The fraction of sp³-hybridized carbons (Fsp3) is 0.286. The van der Waals surface area contributed by atoms with Crippen LogP contribution in [0.1, 0.15) is 28.6 Å². The van der Waals surface area contributed by atoms with Crippen LogP contribution < -0.4 is 0 Å². The Bertz CT molecular complexity index is 793. The second kappa shape index (κ2) is 4.41. The number of carboxylic acid groups (broad SMARTS) is 1. The predicted octanol–water partition coefficient (Wildman–Crippen LogP) is 0.973. The van der Waals surface area contributed by atoms with E-state index in [4.69, 9.17) is 0 Å². The third-order valence-electron chi connectivity index (χ3n) is 3.80. The molecule has 2 aromatic rings. The highest BCUT2D eigenvalue weighted by atomic mass is 16.4. The first kappa shape index (κ1) is 13.3. The number of fused-ring (bicyclic) bond motifs is 1. The van der Waals surface area contributed by atoms with Crippen LogP contribution in [0.15, 0.2) is 18.2 Å². The summed E-state index contributed by atoms with van der Waals surface area (Å²) in [6, 6.07) is 4.12. The lowest BCUT2D eigenvalue weighted by Gasteiger charge is -2.13. The zero-order valence-electron chi connectivity index (χ0n) is 11.5. The van der Waals surface area contributed by atoms with Crippen LogP contribution in [0, 0.1) is 6.92 Å². The number of aryl methyl sites for hydroxylation is 1. The molecule has 1 atom stereocenters. The van der Waals surface area contributed by atoms with E-state index >= 15 is 0 Å². The number of nitrogens with zero attached hydrogens (tertiary/aromatic N) is 3. The number of benzene rings is 1. The van der Waals surface area contributed by atoms with Gasteiger partial charge in [0.05, 0.1) is 17.5 Å². The summed E-state index contributed by atoms with van der Waals surface area (Å²) in [5, 5.41) is 9.21. The Morgan fingerprint density at radius 1 is 1.38 bits per heavy atom. The van der Waals surface area contributed by atoms with E-state index in [1.54, 1.807) is 23.6 Å². The molecule has 108 valence electrons. The number of imide groups is 1. The summed E-state index contributed by atoms with van der Waals surface area (Å²) >= 11 is 0. The molecule has 1 unspecified atom stereocenters. The number of hydrogen-bond acceptors (Lipinski definition) is 4. The van der Waals surface area contributed by atoms with Gasteiger partial charge in [0.15, 0.2) is 0 Å². The standard InChI is InChI=1S/C14H13N3O4/c1-7-15-12-8(14(20)21)4-3-5-9(12)17(7)10-6-11(18)16(2)13(10)19/h3-5,10H,6H2,1-2H3,(H,20,21). The van der Waals surface area contributed by atoms with Crippen molar-refractivity contribution in [2.24, 2.45) is 0 Å². The van der Waals surface area contributed by atoms with Crippen LogP contribution in [-0.2, 0) is 9.59 Å². The Kier molecular flexibility index (Phi) is 2.79. The van der Waals surface area contributed by atoms with E-state index in [0.717, 1.165) is 4.90 Å².